The highest BCUT2D eigenvalue weighted by Gasteiger charge is 2.28. The van der Waals surface area contributed by atoms with Crippen LogP contribution in [0, 0.1) is 16.0 Å². The van der Waals surface area contributed by atoms with Crippen molar-refractivity contribution >= 4 is 34.9 Å². The Kier molecular flexibility index (Phi) is 8.71. The van der Waals surface area contributed by atoms with Crippen molar-refractivity contribution in [2.75, 3.05) is 13.2 Å². The van der Waals surface area contributed by atoms with Crippen LogP contribution in [0.15, 0.2) is 42.5 Å². The number of amides is 1. The van der Waals surface area contributed by atoms with Crippen LogP contribution in [0.3, 0.4) is 0 Å². The van der Waals surface area contributed by atoms with E-state index in [9.17, 15) is 24.5 Å². The summed E-state index contributed by atoms with van der Waals surface area (Å²) in [5.41, 5.74) is 0.0596. The van der Waals surface area contributed by atoms with E-state index < -0.39 is 35.2 Å². The summed E-state index contributed by atoms with van der Waals surface area (Å²) in [6.45, 7) is 5.23. The fraction of sp³-hybridized carbons (Fsp3) is 0.318. The number of nitrogens with zero attached hydrogens (tertiary/aromatic N) is 1. The number of nitro groups is 1. The van der Waals surface area contributed by atoms with Crippen molar-refractivity contribution in [3.05, 3.63) is 68.7 Å². The summed E-state index contributed by atoms with van der Waals surface area (Å²) in [6.07, 6.45) is 0. The smallest absolute Gasteiger partial charge is 0.329 e. The first-order chi connectivity index (χ1) is 15.1. The summed E-state index contributed by atoms with van der Waals surface area (Å²) in [7, 11) is 0. The average Bonchev–Trinajstić information content (AvgIpc) is 2.75. The standard InChI is InChI=1S/C22H23ClN2O7/c1-4-31-16-8-5-14(6-9-16)19(26)12-32-22(28)20(13(2)3)24-21(27)17-10-7-15(25(29)30)11-18(17)23/h5-11,13,20H,4,12H2,1-3H3,(H,24,27). The van der Waals surface area contributed by atoms with E-state index in [4.69, 9.17) is 21.1 Å². The number of rotatable bonds is 10. The Labute approximate surface area is 189 Å². The average molecular weight is 463 g/mol. The minimum absolute atomic E-state index is 0.0267. The highest BCUT2D eigenvalue weighted by atomic mass is 35.5. The van der Waals surface area contributed by atoms with E-state index in [0.29, 0.717) is 17.9 Å². The minimum atomic E-state index is -1.05. The third kappa shape index (κ3) is 6.52. The van der Waals surface area contributed by atoms with E-state index in [1.807, 2.05) is 6.92 Å². The van der Waals surface area contributed by atoms with Gasteiger partial charge in [-0.25, -0.2) is 4.79 Å². The van der Waals surface area contributed by atoms with Crippen LogP contribution in [-0.2, 0) is 9.53 Å². The molecule has 1 atom stereocenters. The summed E-state index contributed by atoms with van der Waals surface area (Å²) < 4.78 is 10.4. The Morgan fingerprint density at radius 3 is 2.31 bits per heavy atom. The van der Waals surface area contributed by atoms with Gasteiger partial charge in [0.25, 0.3) is 11.6 Å². The SMILES string of the molecule is CCOc1ccc(C(=O)COC(=O)C(NC(=O)c2ccc([N+](=O)[O-])cc2Cl)C(C)C)cc1. The van der Waals surface area contributed by atoms with E-state index in [2.05, 4.69) is 5.32 Å². The molecule has 0 saturated carbocycles. The summed E-state index contributed by atoms with van der Waals surface area (Å²) in [6, 6.07) is 8.76. The monoisotopic (exact) mass is 462 g/mol. The largest absolute Gasteiger partial charge is 0.494 e. The van der Waals surface area contributed by atoms with Crippen LogP contribution in [-0.4, -0.2) is 41.8 Å². The molecule has 1 N–H and O–H groups in total. The molecule has 1 amide bonds. The number of carbonyl (C=O) groups excluding carboxylic acids is 3. The van der Waals surface area contributed by atoms with Crippen molar-refractivity contribution in [2.24, 2.45) is 5.92 Å². The molecule has 2 rings (SSSR count). The number of carbonyl (C=O) groups is 3. The third-order valence-corrected chi connectivity index (χ3v) is 4.76. The molecule has 0 aliphatic carbocycles. The van der Waals surface area contributed by atoms with Gasteiger partial charge in [-0.15, -0.1) is 0 Å². The second-order valence-corrected chi connectivity index (χ2v) is 7.51. The number of non-ortho nitro benzene ring substituents is 1. The van der Waals surface area contributed by atoms with Gasteiger partial charge in [-0.1, -0.05) is 25.4 Å². The number of hydrogen-bond donors (Lipinski definition) is 1. The zero-order valence-electron chi connectivity index (χ0n) is 17.8. The lowest BCUT2D eigenvalue weighted by molar-refractivity contribution is -0.384. The van der Waals surface area contributed by atoms with Gasteiger partial charge in [0.15, 0.2) is 12.4 Å². The Morgan fingerprint density at radius 2 is 1.78 bits per heavy atom. The number of halogens is 1. The highest BCUT2D eigenvalue weighted by molar-refractivity contribution is 6.34. The van der Waals surface area contributed by atoms with E-state index in [1.165, 1.54) is 6.07 Å². The number of hydrogen-bond acceptors (Lipinski definition) is 7. The normalized spacial score (nSPS) is 11.5. The van der Waals surface area contributed by atoms with Crippen molar-refractivity contribution in [1.29, 1.82) is 0 Å². The molecule has 0 aliphatic heterocycles. The molecule has 0 spiro atoms. The Balaban J connectivity index is 2.02. The van der Waals surface area contributed by atoms with Gasteiger partial charge in [0.2, 0.25) is 0 Å². The van der Waals surface area contributed by atoms with Crippen LogP contribution < -0.4 is 10.1 Å². The van der Waals surface area contributed by atoms with Gasteiger partial charge in [0.1, 0.15) is 11.8 Å². The number of benzene rings is 2. The van der Waals surface area contributed by atoms with Crippen molar-refractivity contribution in [3.8, 4) is 5.75 Å². The molecule has 32 heavy (non-hydrogen) atoms. The molecule has 2 aromatic carbocycles. The van der Waals surface area contributed by atoms with Crippen LogP contribution in [0.5, 0.6) is 5.75 Å². The van der Waals surface area contributed by atoms with Crippen molar-refractivity contribution < 1.29 is 28.8 Å². The van der Waals surface area contributed by atoms with Gasteiger partial charge < -0.3 is 14.8 Å². The zero-order valence-corrected chi connectivity index (χ0v) is 18.5. The molecule has 170 valence electrons. The number of ketones is 1. The first kappa shape index (κ1) is 24.8. The quantitative estimate of drug-likeness (QED) is 0.246. The number of esters is 1. The molecule has 0 bridgehead atoms. The highest BCUT2D eigenvalue weighted by Crippen LogP contribution is 2.23. The van der Waals surface area contributed by atoms with Gasteiger partial charge in [-0.05, 0) is 43.2 Å². The van der Waals surface area contributed by atoms with Gasteiger partial charge in [-0.2, -0.15) is 0 Å². The second kappa shape index (κ2) is 11.2. The molecule has 1 unspecified atom stereocenters. The molecular formula is C22H23ClN2O7. The van der Waals surface area contributed by atoms with Crippen molar-refractivity contribution in [2.45, 2.75) is 26.8 Å². The maximum Gasteiger partial charge on any atom is 0.329 e. The summed E-state index contributed by atoms with van der Waals surface area (Å²) in [5.74, 6) is -1.63. The molecular weight excluding hydrogens is 440 g/mol. The zero-order chi connectivity index (χ0) is 23.8. The first-order valence-electron chi connectivity index (χ1n) is 9.81. The lowest BCUT2D eigenvalue weighted by Crippen LogP contribution is -2.45. The molecule has 10 heteroatoms. The molecule has 0 fully saturated rings. The van der Waals surface area contributed by atoms with Gasteiger partial charge in [0, 0.05) is 17.7 Å². The van der Waals surface area contributed by atoms with Crippen LogP contribution in [0.1, 0.15) is 41.5 Å². The molecule has 0 saturated heterocycles. The van der Waals surface area contributed by atoms with Crippen LogP contribution in [0.25, 0.3) is 0 Å². The Morgan fingerprint density at radius 1 is 1.12 bits per heavy atom. The predicted molar refractivity (Wildman–Crippen MR) is 117 cm³/mol. The molecule has 2 aromatic rings. The lowest BCUT2D eigenvalue weighted by Gasteiger charge is -2.21. The number of ether oxygens (including phenoxy) is 2. The van der Waals surface area contributed by atoms with Gasteiger partial charge in [0.05, 0.1) is 22.1 Å². The summed E-state index contributed by atoms with van der Waals surface area (Å²) in [4.78, 5) is 47.6. The maximum atomic E-state index is 12.6. The Hall–Kier alpha value is -3.46. The molecule has 0 radical (unpaired) electrons. The molecule has 0 aromatic heterocycles. The number of Topliss-reactive ketones (excluding diaryl/α,β-unsaturated/α-hetero) is 1. The summed E-state index contributed by atoms with van der Waals surface area (Å²) >= 11 is 5.98. The third-order valence-electron chi connectivity index (χ3n) is 4.45. The fourth-order valence-corrected chi connectivity index (χ4v) is 2.99. The van der Waals surface area contributed by atoms with Crippen molar-refractivity contribution in [1.82, 2.24) is 5.32 Å². The van der Waals surface area contributed by atoms with Gasteiger partial charge in [-0.3, -0.25) is 19.7 Å². The van der Waals surface area contributed by atoms with Crippen LogP contribution >= 0.6 is 11.6 Å². The molecule has 9 nitrogen and oxygen atoms in total. The number of nitro benzene ring substituents is 1. The fourth-order valence-electron chi connectivity index (χ4n) is 2.73. The lowest BCUT2D eigenvalue weighted by atomic mass is 10.0. The predicted octanol–water partition coefficient (Wildman–Crippen LogP) is 3.83. The second-order valence-electron chi connectivity index (χ2n) is 7.10. The maximum absolute atomic E-state index is 12.6. The molecule has 0 heterocycles. The van der Waals surface area contributed by atoms with Crippen LogP contribution in [0.2, 0.25) is 5.02 Å². The molecule has 0 aliphatic rings. The number of nitrogens with one attached hydrogen (secondary N) is 1. The van der Waals surface area contributed by atoms with Crippen LogP contribution in [0.4, 0.5) is 5.69 Å². The van der Waals surface area contributed by atoms with Gasteiger partial charge >= 0.3 is 5.97 Å². The van der Waals surface area contributed by atoms with E-state index >= 15 is 0 Å². The minimum Gasteiger partial charge on any atom is -0.494 e. The van der Waals surface area contributed by atoms with Crippen molar-refractivity contribution in [3.63, 3.8) is 0 Å². The summed E-state index contributed by atoms with van der Waals surface area (Å²) in [5, 5.41) is 13.2. The Bertz CT molecular complexity index is 1010. The first-order valence-corrected chi connectivity index (χ1v) is 10.2. The van der Waals surface area contributed by atoms with E-state index in [1.54, 1.807) is 38.1 Å². The topological polar surface area (TPSA) is 125 Å². The van der Waals surface area contributed by atoms with E-state index in [0.717, 1.165) is 12.1 Å². The van der Waals surface area contributed by atoms with E-state index in [-0.39, 0.29) is 22.2 Å².